The van der Waals surface area contributed by atoms with Gasteiger partial charge in [0, 0.05) is 39.5 Å². The van der Waals surface area contributed by atoms with Gasteiger partial charge in [-0.2, -0.15) is 0 Å². The third-order valence-corrected chi connectivity index (χ3v) is 6.21. The first kappa shape index (κ1) is 21.6. The van der Waals surface area contributed by atoms with Crippen LogP contribution in [0.2, 0.25) is 0 Å². The minimum atomic E-state index is 0.357. The van der Waals surface area contributed by atoms with Crippen LogP contribution in [0, 0.1) is 6.07 Å². The first-order valence-corrected chi connectivity index (χ1v) is 11.3. The Bertz CT molecular complexity index is 508. The van der Waals surface area contributed by atoms with Crippen molar-refractivity contribution in [2.24, 2.45) is 0 Å². The van der Waals surface area contributed by atoms with Crippen LogP contribution in [0.25, 0.3) is 0 Å². The number of methoxy groups -OCH3 is 1. The Balaban J connectivity index is 1.24. The van der Waals surface area contributed by atoms with E-state index in [9.17, 15) is 0 Å². The van der Waals surface area contributed by atoms with Crippen LogP contribution < -0.4 is 4.74 Å². The molecule has 1 aromatic rings. The number of likely N-dealkylation sites (tertiary alicyclic amines) is 1. The Morgan fingerprint density at radius 1 is 0.929 bits per heavy atom. The van der Waals surface area contributed by atoms with Gasteiger partial charge in [-0.15, -0.1) is 0 Å². The maximum Gasteiger partial charge on any atom is 0.120 e. The van der Waals surface area contributed by atoms with Crippen LogP contribution in [-0.2, 0) is 9.47 Å². The standard InChI is InChI=1S/C24H38NO3/c1-26-19-7-2-3-8-20-27-22-13-11-21(12-14-22)25-17-15-24(16-18-25)28-23-9-5-4-6-10-23/h4-5,9-10,21-22,24H,2-3,7-8,11-20H2,1H3. The molecule has 2 fully saturated rings. The van der Waals surface area contributed by atoms with Crippen molar-refractivity contribution < 1.29 is 14.2 Å². The van der Waals surface area contributed by atoms with Crippen LogP contribution in [0.1, 0.15) is 64.2 Å². The van der Waals surface area contributed by atoms with E-state index in [4.69, 9.17) is 14.2 Å². The van der Waals surface area contributed by atoms with Gasteiger partial charge in [-0.05, 0) is 69.6 Å². The second-order valence-corrected chi connectivity index (χ2v) is 8.30. The molecule has 1 aliphatic heterocycles. The number of ether oxygens (including phenoxy) is 3. The molecular weight excluding hydrogens is 350 g/mol. The Kier molecular flexibility index (Phi) is 9.61. The largest absolute Gasteiger partial charge is 0.490 e. The van der Waals surface area contributed by atoms with Crippen molar-refractivity contribution in [3.63, 3.8) is 0 Å². The minimum Gasteiger partial charge on any atom is -0.490 e. The van der Waals surface area contributed by atoms with E-state index in [1.807, 2.05) is 24.3 Å². The van der Waals surface area contributed by atoms with E-state index in [-0.39, 0.29) is 0 Å². The summed E-state index contributed by atoms with van der Waals surface area (Å²) in [5, 5.41) is 0. The van der Waals surface area contributed by atoms with Crippen molar-refractivity contribution in [1.29, 1.82) is 0 Å². The van der Waals surface area contributed by atoms with Crippen molar-refractivity contribution in [2.75, 3.05) is 33.4 Å². The summed E-state index contributed by atoms with van der Waals surface area (Å²) < 4.78 is 17.3. The van der Waals surface area contributed by atoms with Crippen molar-refractivity contribution >= 4 is 0 Å². The fourth-order valence-electron chi connectivity index (χ4n) is 4.53. The fourth-order valence-corrected chi connectivity index (χ4v) is 4.53. The third-order valence-electron chi connectivity index (χ3n) is 6.21. The highest BCUT2D eigenvalue weighted by atomic mass is 16.5. The van der Waals surface area contributed by atoms with Crippen molar-refractivity contribution in [1.82, 2.24) is 4.90 Å². The van der Waals surface area contributed by atoms with Crippen molar-refractivity contribution in [2.45, 2.75) is 82.5 Å². The molecule has 1 saturated heterocycles. The molecule has 1 saturated carbocycles. The van der Waals surface area contributed by atoms with Crippen LogP contribution in [0.3, 0.4) is 0 Å². The van der Waals surface area contributed by atoms with Gasteiger partial charge >= 0.3 is 0 Å². The molecule has 0 spiro atoms. The molecule has 2 aliphatic rings. The summed E-state index contributed by atoms with van der Waals surface area (Å²) in [7, 11) is 1.78. The van der Waals surface area contributed by atoms with E-state index >= 15 is 0 Å². The van der Waals surface area contributed by atoms with Crippen LogP contribution in [0.4, 0.5) is 0 Å². The van der Waals surface area contributed by atoms with Crippen LogP contribution in [0.5, 0.6) is 5.75 Å². The summed E-state index contributed by atoms with van der Waals surface area (Å²) >= 11 is 0. The first-order chi connectivity index (χ1) is 13.8. The molecule has 1 aromatic carbocycles. The summed E-state index contributed by atoms with van der Waals surface area (Å²) in [6.07, 6.45) is 13.0. The second-order valence-electron chi connectivity index (χ2n) is 8.30. The zero-order valence-corrected chi connectivity index (χ0v) is 17.6. The zero-order valence-electron chi connectivity index (χ0n) is 17.6. The molecule has 4 nitrogen and oxygen atoms in total. The molecular formula is C24H38NO3. The molecule has 1 aliphatic carbocycles. The summed E-state index contributed by atoms with van der Waals surface area (Å²) in [5.74, 6) is 0.956. The SMILES string of the molecule is COCCCCCCOC1CCC(N2CCC(Oc3c[c]ccc3)CC2)CC1. The quantitative estimate of drug-likeness (QED) is 0.506. The summed E-state index contributed by atoms with van der Waals surface area (Å²) in [5.41, 5.74) is 0. The lowest BCUT2D eigenvalue weighted by Gasteiger charge is -2.40. The molecule has 0 atom stereocenters. The van der Waals surface area contributed by atoms with E-state index in [0.29, 0.717) is 12.2 Å². The summed E-state index contributed by atoms with van der Waals surface area (Å²) in [4.78, 5) is 2.70. The average molecular weight is 389 g/mol. The molecule has 4 heteroatoms. The van der Waals surface area contributed by atoms with Gasteiger partial charge < -0.3 is 19.1 Å². The molecule has 157 valence electrons. The lowest BCUT2D eigenvalue weighted by atomic mass is 9.90. The molecule has 3 rings (SSSR count). The van der Waals surface area contributed by atoms with Crippen molar-refractivity contribution in [3.05, 3.63) is 30.3 Å². The highest BCUT2D eigenvalue weighted by Crippen LogP contribution is 2.28. The van der Waals surface area contributed by atoms with E-state index in [2.05, 4.69) is 11.0 Å². The van der Waals surface area contributed by atoms with E-state index < -0.39 is 0 Å². The predicted octanol–water partition coefficient (Wildman–Crippen LogP) is 4.86. The average Bonchev–Trinajstić information content (AvgIpc) is 2.75. The van der Waals surface area contributed by atoms with Gasteiger partial charge in [0.1, 0.15) is 11.9 Å². The molecule has 0 bridgehead atoms. The molecule has 0 amide bonds. The lowest BCUT2D eigenvalue weighted by molar-refractivity contribution is -0.00423. The van der Waals surface area contributed by atoms with Crippen molar-refractivity contribution in [3.8, 4) is 5.75 Å². The molecule has 1 radical (unpaired) electrons. The number of nitrogens with zero attached hydrogens (tertiary/aromatic N) is 1. The topological polar surface area (TPSA) is 30.9 Å². The molecule has 1 heterocycles. The minimum absolute atomic E-state index is 0.357. The number of piperidine rings is 1. The highest BCUT2D eigenvalue weighted by Gasteiger charge is 2.29. The maximum absolute atomic E-state index is 6.14. The first-order valence-electron chi connectivity index (χ1n) is 11.3. The summed E-state index contributed by atoms with van der Waals surface area (Å²) in [6.45, 7) is 4.15. The van der Waals surface area contributed by atoms with E-state index in [1.54, 1.807) is 7.11 Å². The molecule has 0 unspecified atom stereocenters. The number of benzene rings is 1. The van der Waals surface area contributed by atoms with Gasteiger partial charge in [-0.3, -0.25) is 0 Å². The number of hydrogen-bond acceptors (Lipinski definition) is 4. The lowest BCUT2D eigenvalue weighted by Crippen LogP contribution is -2.46. The predicted molar refractivity (Wildman–Crippen MR) is 113 cm³/mol. The monoisotopic (exact) mass is 388 g/mol. The van der Waals surface area contributed by atoms with Crippen LogP contribution in [0.15, 0.2) is 24.3 Å². The number of hydrogen-bond donors (Lipinski definition) is 0. The van der Waals surface area contributed by atoms with Gasteiger partial charge in [0.15, 0.2) is 0 Å². The molecule has 0 N–H and O–H groups in total. The summed E-state index contributed by atoms with van der Waals surface area (Å²) in [6, 6.07) is 11.7. The van der Waals surface area contributed by atoms with E-state index in [1.165, 1.54) is 64.5 Å². The Morgan fingerprint density at radius 2 is 1.68 bits per heavy atom. The van der Waals surface area contributed by atoms with Crippen LogP contribution in [-0.4, -0.2) is 56.6 Å². The fraction of sp³-hybridized carbons (Fsp3) is 0.750. The third kappa shape index (κ3) is 7.38. The smallest absolute Gasteiger partial charge is 0.120 e. The van der Waals surface area contributed by atoms with Gasteiger partial charge in [0.2, 0.25) is 0 Å². The van der Waals surface area contributed by atoms with Gasteiger partial charge in [-0.25, -0.2) is 0 Å². The number of rotatable bonds is 11. The Labute approximate surface area is 171 Å². The van der Waals surface area contributed by atoms with Gasteiger partial charge in [0.05, 0.1) is 6.10 Å². The Morgan fingerprint density at radius 3 is 2.36 bits per heavy atom. The van der Waals surface area contributed by atoms with Crippen LogP contribution >= 0.6 is 0 Å². The van der Waals surface area contributed by atoms with E-state index in [0.717, 1.165) is 37.8 Å². The molecule has 28 heavy (non-hydrogen) atoms. The number of unbranched alkanes of at least 4 members (excludes halogenated alkanes) is 3. The molecule has 0 aromatic heterocycles. The second kappa shape index (κ2) is 12.5. The van der Waals surface area contributed by atoms with Gasteiger partial charge in [0.25, 0.3) is 0 Å². The highest BCUT2D eigenvalue weighted by molar-refractivity contribution is 5.20. The van der Waals surface area contributed by atoms with Gasteiger partial charge in [-0.1, -0.05) is 25.0 Å². The maximum atomic E-state index is 6.14. The zero-order chi connectivity index (χ0) is 19.4. The Hall–Kier alpha value is -1.10. The normalized spacial score (nSPS) is 24.3.